The lowest BCUT2D eigenvalue weighted by Gasteiger charge is -2.08. The second kappa shape index (κ2) is 5.35. The quantitative estimate of drug-likeness (QED) is 0.634. The van der Waals surface area contributed by atoms with Gasteiger partial charge in [-0.2, -0.15) is 0 Å². The second-order valence-electron chi connectivity index (χ2n) is 4.35. The first-order chi connectivity index (χ1) is 7.75. The summed E-state index contributed by atoms with van der Waals surface area (Å²) in [5, 5.41) is 0.757. The van der Waals surface area contributed by atoms with E-state index in [-0.39, 0.29) is 0 Å². The minimum atomic E-state index is 0.513. The SMILES string of the molecule is NC(=NCc1cccc(Cl)c1)C1CCCC1. The number of hydrogen-bond donors (Lipinski definition) is 1. The van der Waals surface area contributed by atoms with Gasteiger partial charge in [0.05, 0.1) is 12.4 Å². The average Bonchev–Trinajstić information content (AvgIpc) is 2.79. The minimum Gasteiger partial charge on any atom is -0.387 e. The van der Waals surface area contributed by atoms with E-state index >= 15 is 0 Å². The normalized spacial score (nSPS) is 17.9. The Labute approximate surface area is 102 Å². The molecule has 16 heavy (non-hydrogen) atoms. The molecule has 0 saturated heterocycles. The monoisotopic (exact) mass is 236 g/mol. The summed E-state index contributed by atoms with van der Waals surface area (Å²) >= 11 is 5.91. The van der Waals surface area contributed by atoms with Gasteiger partial charge in [-0.1, -0.05) is 36.6 Å². The molecule has 3 heteroatoms. The Kier molecular flexibility index (Phi) is 3.83. The number of nitrogens with two attached hydrogens (primary N) is 1. The summed E-state index contributed by atoms with van der Waals surface area (Å²) in [6, 6.07) is 7.78. The molecule has 0 spiro atoms. The van der Waals surface area contributed by atoms with Crippen molar-refractivity contribution < 1.29 is 0 Å². The maximum atomic E-state index is 5.98. The molecular formula is C13H17ClN2. The molecule has 0 amide bonds. The van der Waals surface area contributed by atoms with E-state index in [4.69, 9.17) is 17.3 Å². The van der Waals surface area contributed by atoms with Crippen LogP contribution in [0.3, 0.4) is 0 Å². The first kappa shape index (κ1) is 11.5. The Bertz CT molecular complexity index is 381. The predicted molar refractivity (Wildman–Crippen MR) is 68.7 cm³/mol. The van der Waals surface area contributed by atoms with Gasteiger partial charge < -0.3 is 5.73 Å². The lowest BCUT2D eigenvalue weighted by Crippen LogP contribution is -2.21. The van der Waals surface area contributed by atoms with Gasteiger partial charge in [0.25, 0.3) is 0 Å². The predicted octanol–water partition coefficient (Wildman–Crippen LogP) is 3.39. The third-order valence-corrected chi connectivity index (χ3v) is 3.34. The Morgan fingerprint density at radius 2 is 2.12 bits per heavy atom. The molecule has 0 atom stereocenters. The van der Waals surface area contributed by atoms with Crippen LogP contribution in [0, 0.1) is 5.92 Å². The van der Waals surface area contributed by atoms with E-state index in [1.54, 1.807) is 0 Å². The van der Waals surface area contributed by atoms with Crippen LogP contribution in [-0.2, 0) is 6.54 Å². The molecule has 0 bridgehead atoms. The Hall–Kier alpha value is -1.02. The fraction of sp³-hybridized carbons (Fsp3) is 0.462. The third kappa shape index (κ3) is 2.99. The first-order valence-electron chi connectivity index (χ1n) is 5.80. The van der Waals surface area contributed by atoms with E-state index in [2.05, 4.69) is 4.99 Å². The summed E-state index contributed by atoms with van der Waals surface area (Å²) in [5.41, 5.74) is 7.10. The van der Waals surface area contributed by atoms with Gasteiger partial charge in [0, 0.05) is 10.9 Å². The van der Waals surface area contributed by atoms with Crippen LogP contribution in [0.25, 0.3) is 0 Å². The van der Waals surface area contributed by atoms with Crippen LogP contribution in [0.2, 0.25) is 5.02 Å². The molecule has 1 aromatic carbocycles. The van der Waals surface area contributed by atoms with Crippen molar-refractivity contribution in [3.8, 4) is 0 Å². The topological polar surface area (TPSA) is 38.4 Å². The van der Waals surface area contributed by atoms with E-state index in [9.17, 15) is 0 Å². The lowest BCUT2D eigenvalue weighted by atomic mass is 10.1. The Morgan fingerprint density at radius 1 is 1.38 bits per heavy atom. The van der Waals surface area contributed by atoms with Crippen molar-refractivity contribution in [2.45, 2.75) is 32.2 Å². The average molecular weight is 237 g/mol. The molecule has 2 N–H and O–H groups in total. The van der Waals surface area contributed by atoms with Crippen LogP contribution in [0.15, 0.2) is 29.3 Å². The van der Waals surface area contributed by atoms with Crippen LogP contribution >= 0.6 is 11.6 Å². The highest BCUT2D eigenvalue weighted by Gasteiger charge is 2.18. The number of rotatable bonds is 3. The summed E-state index contributed by atoms with van der Waals surface area (Å²) in [6.45, 7) is 0.642. The van der Waals surface area contributed by atoms with Crippen molar-refractivity contribution in [3.05, 3.63) is 34.9 Å². The Morgan fingerprint density at radius 3 is 2.81 bits per heavy atom. The van der Waals surface area contributed by atoms with Crippen molar-refractivity contribution in [2.24, 2.45) is 16.6 Å². The highest BCUT2D eigenvalue weighted by molar-refractivity contribution is 6.30. The van der Waals surface area contributed by atoms with Gasteiger partial charge in [-0.3, -0.25) is 4.99 Å². The molecular weight excluding hydrogens is 220 g/mol. The molecule has 1 aliphatic carbocycles. The van der Waals surface area contributed by atoms with Crippen molar-refractivity contribution >= 4 is 17.4 Å². The van der Waals surface area contributed by atoms with Crippen LogP contribution in [-0.4, -0.2) is 5.84 Å². The summed E-state index contributed by atoms with van der Waals surface area (Å²) in [7, 11) is 0. The zero-order valence-electron chi connectivity index (χ0n) is 9.32. The number of hydrogen-bond acceptors (Lipinski definition) is 1. The third-order valence-electron chi connectivity index (χ3n) is 3.11. The maximum absolute atomic E-state index is 5.98. The van der Waals surface area contributed by atoms with Gasteiger partial charge in [-0.05, 0) is 30.5 Å². The van der Waals surface area contributed by atoms with E-state index < -0.39 is 0 Å². The highest BCUT2D eigenvalue weighted by atomic mass is 35.5. The number of benzene rings is 1. The van der Waals surface area contributed by atoms with E-state index in [0.29, 0.717) is 12.5 Å². The van der Waals surface area contributed by atoms with E-state index in [0.717, 1.165) is 16.4 Å². The smallest absolute Gasteiger partial charge is 0.0972 e. The molecule has 1 fully saturated rings. The van der Waals surface area contributed by atoms with Crippen molar-refractivity contribution in [1.29, 1.82) is 0 Å². The van der Waals surface area contributed by atoms with Gasteiger partial charge in [-0.25, -0.2) is 0 Å². The zero-order valence-corrected chi connectivity index (χ0v) is 10.1. The van der Waals surface area contributed by atoms with Gasteiger partial charge in [0.15, 0.2) is 0 Å². The van der Waals surface area contributed by atoms with Gasteiger partial charge >= 0.3 is 0 Å². The molecule has 0 aliphatic heterocycles. The molecule has 0 radical (unpaired) electrons. The first-order valence-corrected chi connectivity index (χ1v) is 6.18. The molecule has 2 nitrogen and oxygen atoms in total. The van der Waals surface area contributed by atoms with Gasteiger partial charge in [0.1, 0.15) is 0 Å². The number of nitrogens with zero attached hydrogens (tertiary/aromatic N) is 1. The van der Waals surface area contributed by atoms with Crippen LogP contribution in [0.1, 0.15) is 31.2 Å². The lowest BCUT2D eigenvalue weighted by molar-refractivity contribution is 0.715. The number of aliphatic imine (C=N–C) groups is 1. The standard InChI is InChI=1S/C13H17ClN2/c14-12-7-3-4-10(8-12)9-16-13(15)11-5-1-2-6-11/h3-4,7-8,11H,1-2,5-6,9H2,(H2,15,16). The van der Waals surface area contributed by atoms with E-state index in [1.165, 1.54) is 25.7 Å². The summed E-state index contributed by atoms with van der Waals surface area (Å²) in [4.78, 5) is 4.45. The minimum absolute atomic E-state index is 0.513. The van der Waals surface area contributed by atoms with Gasteiger partial charge in [0.2, 0.25) is 0 Å². The number of amidine groups is 1. The molecule has 1 saturated carbocycles. The molecule has 0 heterocycles. The fourth-order valence-electron chi connectivity index (χ4n) is 2.17. The largest absolute Gasteiger partial charge is 0.387 e. The molecule has 86 valence electrons. The van der Waals surface area contributed by atoms with Gasteiger partial charge in [-0.15, -0.1) is 0 Å². The summed E-state index contributed by atoms with van der Waals surface area (Å²) in [6.07, 6.45) is 4.98. The van der Waals surface area contributed by atoms with Crippen LogP contribution in [0.5, 0.6) is 0 Å². The summed E-state index contributed by atoms with van der Waals surface area (Å²) in [5.74, 6) is 1.33. The number of halogens is 1. The van der Waals surface area contributed by atoms with Crippen molar-refractivity contribution in [1.82, 2.24) is 0 Å². The fourth-order valence-corrected chi connectivity index (χ4v) is 2.38. The van der Waals surface area contributed by atoms with Crippen molar-refractivity contribution in [2.75, 3.05) is 0 Å². The zero-order chi connectivity index (χ0) is 11.4. The Balaban J connectivity index is 1.97. The summed E-state index contributed by atoms with van der Waals surface area (Å²) < 4.78 is 0. The molecule has 1 aromatic rings. The molecule has 2 rings (SSSR count). The maximum Gasteiger partial charge on any atom is 0.0972 e. The molecule has 1 aliphatic rings. The second-order valence-corrected chi connectivity index (χ2v) is 4.79. The molecule has 0 aromatic heterocycles. The van der Waals surface area contributed by atoms with E-state index in [1.807, 2.05) is 24.3 Å². The highest BCUT2D eigenvalue weighted by Crippen LogP contribution is 2.24. The van der Waals surface area contributed by atoms with Crippen LogP contribution < -0.4 is 5.73 Å². The molecule has 0 unspecified atom stereocenters. The van der Waals surface area contributed by atoms with Crippen LogP contribution in [0.4, 0.5) is 0 Å². The van der Waals surface area contributed by atoms with Crippen molar-refractivity contribution in [3.63, 3.8) is 0 Å².